The molecule has 3 rings (SSSR count). The second-order valence-electron chi connectivity index (χ2n) is 5.94. The predicted octanol–water partition coefficient (Wildman–Crippen LogP) is 3.84. The summed E-state index contributed by atoms with van der Waals surface area (Å²) in [5, 5.41) is 14.4. The van der Waals surface area contributed by atoms with E-state index in [1.54, 1.807) is 0 Å². The average Bonchev–Trinajstić information content (AvgIpc) is 3.05. The minimum absolute atomic E-state index is 0.301. The van der Waals surface area contributed by atoms with Gasteiger partial charge in [-0.15, -0.1) is 0 Å². The van der Waals surface area contributed by atoms with Crippen molar-refractivity contribution in [1.29, 1.82) is 0 Å². The van der Waals surface area contributed by atoms with E-state index in [2.05, 4.69) is 17.1 Å². The van der Waals surface area contributed by atoms with Gasteiger partial charge in [-0.05, 0) is 24.3 Å². The summed E-state index contributed by atoms with van der Waals surface area (Å²) in [7, 11) is 0. The van der Waals surface area contributed by atoms with Crippen LogP contribution in [0.25, 0.3) is 0 Å². The molecule has 0 spiro atoms. The first-order valence-electron chi connectivity index (χ1n) is 7.84. The van der Waals surface area contributed by atoms with Gasteiger partial charge in [-0.2, -0.15) is 4.98 Å². The molecule has 0 bridgehead atoms. The van der Waals surface area contributed by atoms with Gasteiger partial charge >= 0.3 is 0 Å². The van der Waals surface area contributed by atoms with Crippen LogP contribution in [0.4, 0.5) is 0 Å². The Morgan fingerprint density at radius 3 is 2.86 bits per heavy atom. The zero-order chi connectivity index (χ0) is 14.7. The lowest BCUT2D eigenvalue weighted by atomic mass is 9.80. The first-order chi connectivity index (χ1) is 10.3. The van der Waals surface area contributed by atoms with Gasteiger partial charge in [0.25, 0.3) is 5.89 Å². The maximum Gasteiger partial charge on any atom is 0.260 e. The second-order valence-corrected chi connectivity index (χ2v) is 5.94. The molecule has 3 atom stereocenters. The minimum atomic E-state index is -0.835. The molecule has 0 amide bonds. The van der Waals surface area contributed by atoms with Crippen LogP contribution in [0.3, 0.4) is 0 Å². The van der Waals surface area contributed by atoms with E-state index in [-0.39, 0.29) is 0 Å². The molecular formula is C17H22N2O2. The first-order valence-corrected chi connectivity index (χ1v) is 7.84. The van der Waals surface area contributed by atoms with Crippen LogP contribution >= 0.6 is 0 Å². The van der Waals surface area contributed by atoms with Gasteiger partial charge in [-0.3, -0.25) is 0 Å². The molecule has 0 saturated heterocycles. The number of rotatable bonds is 4. The van der Waals surface area contributed by atoms with Crippen LogP contribution in [-0.4, -0.2) is 15.2 Å². The summed E-state index contributed by atoms with van der Waals surface area (Å²) in [5.41, 5.74) is 0.780. The molecular weight excluding hydrogens is 264 g/mol. The molecule has 2 aromatic rings. The van der Waals surface area contributed by atoms with Gasteiger partial charge in [-0.25, -0.2) is 0 Å². The molecule has 4 nitrogen and oxygen atoms in total. The molecule has 1 aromatic carbocycles. The largest absolute Gasteiger partial charge is 0.378 e. The number of nitrogens with zero attached hydrogens (tertiary/aromatic N) is 2. The van der Waals surface area contributed by atoms with Crippen LogP contribution in [0.1, 0.15) is 68.3 Å². The van der Waals surface area contributed by atoms with Gasteiger partial charge in [0.1, 0.15) is 0 Å². The standard InChI is InChI=1S/C17H22N2O2/c1-2-12-7-6-10-14(11-12)16-18-17(21-19-16)15(20)13-8-4-3-5-9-13/h3-5,8-9,12,14-15,20H,2,6-7,10-11H2,1H3. The smallest absolute Gasteiger partial charge is 0.260 e. The Labute approximate surface area is 125 Å². The fourth-order valence-electron chi connectivity index (χ4n) is 3.20. The van der Waals surface area contributed by atoms with Crippen LogP contribution in [0.5, 0.6) is 0 Å². The Balaban J connectivity index is 1.74. The zero-order valence-electron chi connectivity index (χ0n) is 12.4. The number of aliphatic hydroxyl groups is 1. The Morgan fingerprint density at radius 1 is 1.29 bits per heavy atom. The fraction of sp³-hybridized carbons (Fsp3) is 0.529. The Bertz CT molecular complexity index is 567. The van der Waals surface area contributed by atoms with E-state index >= 15 is 0 Å². The van der Waals surface area contributed by atoms with E-state index in [0.29, 0.717) is 11.8 Å². The van der Waals surface area contributed by atoms with Crippen LogP contribution in [0, 0.1) is 5.92 Å². The highest BCUT2D eigenvalue weighted by Crippen LogP contribution is 2.36. The van der Waals surface area contributed by atoms with Crippen molar-refractivity contribution in [3.05, 3.63) is 47.6 Å². The maximum atomic E-state index is 10.3. The topological polar surface area (TPSA) is 59.2 Å². The molecule has 1 aliphatic carbocycles. The maximum absolute atomic E-state index is 10.3. The summed E-state index contributed by atoms with van der Waals surface area (Å²) in [6.07, 6.45) is 5.18. The van der Waals surface area contributed by atoms with Crippen molar-refractivity contribution < 1.29 is 9.63 Å². The third-order valence-corrected chi connectivity index (χ3v) is 4.53. The molecule has 1 aromatic heterocycles. The van der Waals surface area contributed by atoms with Crippen molar-refractivity contribution in [2.75, 3.05) is 0 Å². The third-order valence-electron chi connectivity index (χ3n) is 4.53. The number of hydrogen-bond acceptors (Lipinski definition) is 4. The van der Waals surface area contributed by atoms with E-state index in [1.807, 2.05) is 30.3 Å². The molecule has 3 unspecified atom stereocenters. The monoisotopic (exact) mass is 286 g/mol. The number of aliphatic hydroxyl groups excluding tert-OH is 1. The number of aromatic nitrogens is 2. The van der Waals surface area contributed by atoms with E-state index < -0.39 is 6.10 Å². The minimum Gasteiger partial charge on any atom is -0.378 e. The summed E-state index contributed by atoms with van der Waals surface area (Å²) >= 11 is 0. The molecule has 1 aliphatic rings. The average molecular weight is 286 g/mol. The Hall–Kier alpha value is -1.68. The lowest BCUT2D eigenvalue weighted by Crippen LogP contribution is -2.14. The first kappa shape index (κ1) is 14.3. The van der Waals surface area contributed by atoms with Gasteiger partial charge < -0.3 is 9.63 Å². The molecule has 1 N–H and O–H groups in total. The van der Waals surface area contributed by atoms with Crippen LogP contribution in [-0.2, 0) is 0 Å². The van der Waals surface area contributed by atoms with Gasteiger partial charge in [0.15, 0.2) is 11.9 Å². The Morgan fingerprint density at radius 2 is 2.10 bits per heavy atom. The molecule has 21 heavy (non-hydrogen) atoms. The highest BCUT2D eigenvalue weighted by molar-refractivity contribution is 5.21. The molecule has 1 fully saturated rings. The predicted molar refractivity (Wildman–Crippen MR) is 79.8 cm³/mol. The second kappa shape index (κ2) is 6.39. The van der Waals surface area contributed by atoms with Crippen molar-refractivity contribution in [2.45, 2.75) is 51.0 Å². The van der Waals surface area contributed by atoms with Crippen molar-refractivity contribution in [2.24, 2.45) is 5.92 Å². The summed E-state index contributed by atoms with van der Waals surface area (Å²) in [6.45, 7) is 2.24. The highest BCUT2D eigenvalue weighted by atomic mass is 16.5. The van der Waals surface area contributed by atoms with Crippen molar-refractivity contribution >= 4 is 0 Å². The van der Waals surface area contributed by atoms with Crippen LogP contribution < -0.4 is 0 Å². The van der Waals surface area contributed by atoms with Crippen LogP contribution in [0.15, 0.2) is 34.9 Å². The summed E-state index contributed by atoms with van der Waals surface area (Å²) in [5.74, 6) is 2.21. The normalized spacial score (nSPS) is 23.9. The summed E-state index contributed by atoms with van der Waals surface area (Å²) in [6, 6.07) is 9.43. The van der Waals surface area contributed by atoms with Crippen molar-refractivity contribution in [1.82, 2.24) is 10.1 Å². The molecule has 112 valence electrons. The number of benzene rings is 1. The van der Waals surface area contributed by atoms with E-state index in [1.165, 1.54) is 19.3 Å². The summed E-state index contributed by atoms with van der Waals surface area (Å²) < 4.78 is 5.29. The van der Waals surface area contributed by atoms with E-state index in [4.69, 9.17) is 4.52 Å². The number of hydrogen-bond donors (Lipinski definition) is 1. The molecule has 4 heteroatoms. The van der Waals surface area contributed by atoms with Crippen LogP contribution in [0.2, 0.25) is 0 Å². The van der Waals surface area contributed by atoms with Crippen molar-refractivity contribution in [3.8, 4) is 0 Å². The molecule has 1 saturated carbocycles. The third kappa shape index (κ3) is 3.16. The van der Waals surface area contributed by atoms with Gasteiger partial charge in [0.2, 0.25) is 0 Å². The molecule has 1 heterocycles. The van der Waals surface area contributed by atoms with E-state index in [9.17, 15) is 5.11 Å². The highest BCUT2D eigenvalue weighted by Gasteiger charge is 2.27. The zero-order valence-corrected chi connectivity index (χ0v) is 12.4. The quantitative estimate of drug-likeness (QED) is 0.927. The van der Waals surface area contributed by atoms with Crippen molar-refractivity contribution in [3.63, 3.8) is 0 Å². The fourth-order valence-corrected chi connectivity index (χ4v) is 3.20. The lowest BCUT2D eigenvalue weighted by molar-refractivity contribution is 0.170. The molecule has 0 aliphatic heterocycles. The van der Waals surface area contributed by atoms with E-state index in [0.717, 1.165) is 30.1 Å². The lowest BCUT2D eigenvalue weighted by Gasteiger charge is -2.26. The Kier molecular flexibility index (Phi) is 4.34. The van der Waals surface area contributed by atoms with Gasteiger partial charge in [-0.1, -0.05) is 61.7 Å². The SMILES string of the molecule is CCC1CCCC(c2noc(C(O)c3ccccc3)n2)C1. The molecule has 0 radical (unpaired) electrons. The summed E-state index contributed by atoms with van der Waals surface area (Å²) in [4.78, 5) is 4.45. The van der Waals surface area contributed by atoms with Gasteiger partial charge in [0, 0.05) is 5.92 Å². The van der Waals surface area contributed by atoms with Gasteiger partial charge in [0.05, 0.1) is 0 Å².